The summed E-state index contributed by atoms with van der Waals surface area (Å²) >= 11 is 0. The summed E-state index contributed by atoms with van der Waals surface area (Å²) in [6, 6.07) is 5.36. The van der Waals surface area contributed by atoms with Crippen LogP contribution in [-0.4, -0.2) is 50.7 Å². The first-order valence-electron chi connectivity index (χ1n) is 6.61. The van der Waals surface area contributed by atoms with Gasteiger partial charge in [0.05, 0.1) is 24.0 Å². The normalized spacial score (nSPS) is 16.4. The molecule has 0 amide bonds. The van der Waals surface area contributed by atoms with E-state index in [9.17, 15) is 4.79 Å². The molecule has 0 bridgehead atoms. The van der Waals surface area contributed by atoms with Gasteiger partial charge in [-0.25, -0.2) is 4.79 Å². The third-order valence-electron chi connectivity index (χ3n) is 3.61. The van der Waals surface area contributed by atoms with Crippen molar-refractivity contribution in [2.24, 2.45) is 0 Å². The summed E-state index contributed by atoms with van der Waals surface area (Å²) < 4.78 is 4.69. The predicted octanol–water partition coefficient (Wildman–Crippen LogP) is 1.20. The summed E-state index contributed by atoms with van der Waals surface area (Å²) in [5.41, 5.74) is 8.18. The lowest BCUT2D eigenvalue weighted by Crippen LogP contribution is -2.46. The zero-order valence-corrected chi connectivity index (χ0v) is 11.6. The van der Waals surface area contributed by atoms with Gasteiger partial charge in [-0.15, -0.1) is 0 Å². The highest BCUT2D eigenvalue weighted by atomic mass is 16.5. The minimum Gasteiger partial charge on any atom is -0.465 e. The fourth-order valence-electron chi connectivity index (χ4n) is 2.39. The van der Waals surface area contributed by atoms with Gasteiger partial charge in [0.2, 0.25) is 0 Å². The van der Waals surface area contributed by atoms with E-state index in [1.54, 1.807) is 12.1 Å². The number of nitrogen functional groups attached to an aromatic ring is 1. The molecule has 0 atom stereocenters. The first-order valence-corrected chi connectivity index (χ1v) is 6.61. The molecule has 5 nitrogen and oxygen atoms in total. The number of likely N-dealkylation sites (N-methyl/N-ethyl adjacent to an activating group) is 1. The van der Waals surface area contributed by atoms with Crippen molar-refractivity contribution in [3.05, 3.63) is 23.8 Å². The van der Waals surface area contributed by atoms with Gasteiger partial charge in [-0.05, 0) is 24.7 Å². The first-order chi connectivity index (χ1) is 9.15. The van der Waals surface area contributed by atoms with Crippen LogP contribution in [0.1, 0.15) is 17.3 Å². The van der Waals surface area contributed by atoms with Crippen LogP contribution in [0, 0.1) is 0 Å². The maximum absolute atomic E-state index is 11.4. The average molecular weight is 263 g/mol. The largest absolute Gasteiger partial charge is 0.465 e. The smallest absolute Gasteiger partial charge is 0.337 e. The summed E-state index contributed by atoms with van der Waals surface area (Å²) in [4.78, 5) is 16.1. The highest BCUT2D eigenvalue weighted by Crippen LogP contribution is 2.25. The number of esters is 1. The highest BCUT2D eigenvalue weighted by molar-refractivity contribution is 5.92. The molecule has 1 heterocycles. The molecule has 1 fully saturated rings. The predicted molar refractivity (Wildman–Crippen MR) is 76.5 cm³/mol. The van der Waals surface area contributed by atoms with Gasteiger partial charge in [0.1, 0.15) is 0 Å². The molecule has 0 spiro atoms. The number of rotatable bonds is 3. The number of piperazine rings is 1. The van der Waals surface area contributed by atoms with Crippen LogP contribution in [0.5, 0.6) is 0 Å². The molecule has 5 heteroatoms. The van der Waals surface area contributed by atoms with E-state index in [-0.39, 0.29) is 5.97 Å². The van der Waals surface area contributed by atoms with Crippen LogP contribution in [-0.2, 0) is 4.74 Å². The fraction of sp³-hybridized carbons (Fsp3) is 0.500. The maximum atomic E-state index is 11.4. The van der Waals surface area contributed by atoms with Gasteiger partial charge in [0.15, 0.2) is 0 Å². The highest BCUT2D eigenvalue weighted by Gasteiger charge is 2.18. The molecule has 0 aliphatic carbocycles. The Kier molecular flexibility index (Phi) is 4.27. The number of ether oxygens (including phenoxy) is 1. The lowest BCUT2D eigenvalue weighted by Gasteiger charge is -2.36. The zero-order valence-electron chi connectivity index (χ0n) is 11.6. The number of anilines is 2. The maximum Gasteiger partial charge on any atom is 0.337 e. The zero-order chi connectivity index (χ0) is 13.8. The van der Waals surface area contributed by atoms with Crippen molar-refractivity contribution in [2.75, 3.05) is 50.5 Å². The van der Waals surface area contributed by atoms with E-state index in [2.05, 4.69) is 16.7 Å². The Hall–Kier alpha value is -1.75. The van der Waals surface area contributed by atoms with Gasteiger partial charge in [-0.1, -0.05) is 6.92 Å². The molecule has 0 aromatic heterocycles. The van der Waals surface area contributed by atoms with Crippen molar-refractivity contribution >= 4 is 17.3 Å². The standard InChI is InChI=1S/C14H21N3O2/c1-3-16-6-8-17(9-7-16)13-5-4-11(10-12(13)15)14(18)19-2/h4-5,10H,3,6-9,15H2,1-2H3. The Bertz CT molecular complexity index is 454. The van der Waals surface area contributed by atoms with Crippen molar-refractivity contribution in [2.45, 2.75) is 6.92 Å². The van der Waals surface area contributed by atoms with Crippen molar-refractivity contribution < 1.29 is 9.53 Å². The minimum atomic E-state index is -0.353. The van der Waals surface area contributed by atoms with E-state index in [0.29, 0.717) is 11.3 Å². The first kappa shape index (κ1) is 13.7. The van der Waals surface area contributed by atoms with Crippen LogP contribution in [0.4, 0.5) is 11.4 Å². The molecule has 1 aromatic rings. The number of nitrogens with zero attached hydrogens (tertiary/aromatic N) is 2. The topological polar surface area (TPSA) is 58.8 Å². The number of hydrogen-bond donors (Lipinski definition) is 1. The van der Waals surface area contributed by atoms with E-state index in [4.69, 9.17) is 10.5 Å². The molecular formula is C14H21N3O2. The Labute approximate surface area is 113 Å². The molecule has 1 aromatic carbocycles. The van der Waals surface area contributed by atoms with Gasteiger partial charge in [0.25, 0.3) is 0 Å². The van der Waals surface area contributed by atoms with E-state index >= 15 is 0 Å². The van der Waals surface area contributed by atoms with E-state index in [1.807, 2.05) is 6.07 Å². The number of carbonyl (C=O) groups is 1. The Morgan fingerprint density at radius 1 is 1.32 bits per heavy atom. The summed E-state index contributed by atoms with van der Waals surface area (Å²) in [7, 11) is 1.37. The number of hydrogen-bond acceptors (Lipinski definition) is 5. The number of nitrogens with two attached hydrogens (primary N) is 1. The van der Waals surface area contributed by atoms with Crippen LogP contribution in [0.25, 0.3) is 0 Å². The van der Waals surface area contributed by atoms with Crippen molar-refractivity contribution in [3.63, 3.8) is 0 Å². The molecule has 1 aliphatic heterocycles. The van der Waals surface area contributed by atoms with E-state index in [0.717, 1.165) is 38.4 Å². The molecule has 1 aliphatic rings. The van der Waals surface area contributed by atoms with Gasteiger partial charge >= 0.3 is 5.97 Å². The van der Waals surface area contributed by atoms with Gasteiger partial charge in [-0.2, -0.15) is 0 Å². The van der Waals surface area contributed by atoms with Gasteiger partial charge in [0, 0.05) is 26.2 Å². The van der Waals surface area contributed by atoms with Crippen LogP contribution in [0.3, 0.4) is 0 Å². The van der Waals surface area contributed by atoms with Crippen molar-refractivity contribution in [1.29, 1.82) is 0 Å². The molecule has 104 valence electrons. The molecule has 2 N–H and O–H groups in total. The summed E-state index contributed by atoms with van der Waals surface area (Å²) in [5.74, 6) is -0.353. The molecule has 0 saturated carbocycles. The average Bonchev–Trinajstić information content (AvgIpc) is 2.46. The number of benzene rings is 1. The second-order valence-electron chi connectivity index (χ2n) is 4.69. The SMILES string of the molecule is CCN1CCN(c2ccc(C(=O)OC)cc2N)CC1. The summed E-state index contributed by atoms with van der Waals surface area (Å²) in [6.07, 6.45) is 0. The van der Waals surface area contributed by atoms with Crippen molar-refractivity contribution in [1.82, 2.24) is 4.90 Å². The van der Waals surface area contributed by atoms with Crippen LogP contribution in [0.15, 0.2) is 18.2 Å². The van der Waals surface area contributed by atoms with Crippen molar-refractivity contribution in [3.8, 4) is 0 Å². The number of methoxy groups -OCH3 is 1. The Morgan fingerprint density at radius 2 is 2.00 bits per heavy atom. The van der Waals surface area contributed by atoms with Gasteiger partial charge in [-0.3, -0.25) is 0 Å². The summed E-state index contributed by atoms with van der Waals surface area (Å²) in [6.45, 7) is 7.30. The molecule has 19 heavy (non-hydrogen) atoms. The van der Waals surface area contributed by atoms with Crippen LogP contribution in [0.2, 0.25) is 0 Å². The van der Waals surface area contributed by atoms with E-state index in [1.165, 1.54) is 7.11 Å². The summed E-state index contributed by atoms with van der Waals surface area (Å²) in [5, 5.41) is 0. The second-order valence-corrected chi connectivity index (χ2v) is 4.69. The number of carbonyl (C=O) groups excluding carboxylic acids is 1. The second kappa shape index (κ2) is 5.93. The Morgan fingerprint density at radius 3 is 2.53 bits per heavy atom. The van der Waals surface area contributed by atoms with Gasteiger partial charge < -0.3 is 20.3 Å². The van der Waals surface area contributed by atoms with Crippen LogP contribution < -0.4 is 10.6 Å². The lowest BCUT2D eigenvalue weighted by atomic mass is 10.1. The monoisotopic (exact) mass is 263 g/mol. The lowest BCUT2D eigenvalue weighted by molar-refractivity contribution is 0.0601. The van der Waals surface area contributed by atoms with Crippen LogP contribution >= 0.6 is 0 Å². The van der Waals surface area contributed by atoms with E-state index < -0.39 is 0 Å². The third-order valence-corrected chi connectivity index (χ3v) is 3.61. The molecule has 2 rings (SSSR count). The fourth-order valence-corrected chi connectivity index (χ4v) is 2.39. The minimum absolute atomic E-state index is 0.353. The molecule has 0 unspecified atom stereocenters. The Balaban J connectivity index is 2.11. The third kappa shape index (κ3) is 2.98. The quantitative estimate of drug-likeness (QED) is 0.656. The molecule has 0 radical (unpaired) electrons. The molecule has 1 saturated heterocycles. The molecular weight excluding hydrogens is 242 g/mol.